The fourth-order valence-electron chi connectivity index (χ4n) is 2.47. The Kier molecular flexibility index (Phi) is 4.20. The van der Waals surface area contributed by atoms with Crippen LogP contribution in [0.2, 0.25) is 0 Å². The number of hydrogen-bond acceptors (Lipinski definition) is 6. The average Bonchev–Trinajstić information content (AvgIpc) is 2.38. The van der Waals surface area contributed by atoms with Crippen LogP contribution in [-0.4, -0.2) is 47.4 Å². The second kappa shape index (κ2) is 5.72. The third-order valence-corrected chi connectivity index (χ3v) is 3.61. The van der Waals surface area contributed by atoms with Crippen molar-refractivity contribution in [3.8, 4) is 0 Å². The Labute approximate surface area is 117 Å². The van der Waals surface area contributed by atoms with Gasteiger partial charge in [0.2, 0.25) is 5.82 Å². The molecule has 0 bridgehead atoms. The predicted molar refractivity (Wildman–Crippen MR) is 73.9 cm³/mol. The zero-order valence-corrected chi connectivity index (χ0v) is 11.7. The fourth-order valence-corrected chi connectivity index (χ4v) is 2.47. The van der Waals surface area contributed by atoms with E-state index in [1.165, 1.54) is 0 Å². The van der Waals surface area contributed by atoms with Crippen LogP contribution in [0.5, 0.6) is 0 Å². The topological polar surface area (TPSA) is 88.7 Å². The van der Waals surface area contributed by atoms with Gasteiger partial charge in [-0.05, 0) is 13.0 Å². The first kappa shape index (κ1) is 14.7. The van der Waals surface area contributed by atoms with Gasteiger partial charge in [-0.15, -0.1) is 0 Å². The first-order valence-corrected chi connectivity index (χ1v) is 6.54. The minimum atomic E-state index is -0.883. The van der Waals surface area contributed by atoms with Crippen LogP contribution in [0.25, 0.3) is 0 Å². The number of likely N-dealkylation sites (N-methyl/N-ethyl adjacent to an activating group) is 1. The van der Waals surface area contributed by atoms with E-state index in [2.05, 4.69) is 4.98 Å². The van der Waals surface area contributed by atoms with Gasteiger partial charge in [-0.2, -0.15) is 0 Å². The monoisotopic (exact) mass is 281 g/mol. The molecule has 1 N–H and O–H groups in total. The maximum absolute atomic E-state index is 11.2. The van der Waals surface area contributed by atoms with E-state index >= 15 is 0 Å². The molecule has 0 aromatic carbocycles. The molecule has 0 atom stereocenters. The number of aryl methyl sites for hydroxylation is 1. The van der Waals surface area contributed by atoms with E-state index in [1.807, 2.05) is 0 Å². The summed E-state index contributed by atoms with van der Waals surface area (Å²) in [6, 6.07) is 1.61. The van der Waals surface area contributed by atoms with Gasteiger partial charge in [-0.25, -0.2) is 4.98 Å². The summed E-state index contributed by atoms with van der Waals surface area (Å²) in [5.41, 5.74) is -0.330. The second-order valence-electron chi connectivity index (χ2n) is 5.25. The van der Waals surface area contributed by atoms with E-state index in [4.69, 9.17) is 4.74 Å². The van der Waals surface area contributed by atoms with Gasteiger partial charge < -0.3 is 14.7 Å². The molecule has 20 heavy (non-hydrogen) atoms. The van der Waals surface area contributed by atoms with Crippen LogP contribution < -0.4 is 4.90 Å². The lowest BCUT2D eigenvalue weighted by Gasteiger charge is -2.35. The summed E-state index contributed by atoms with van der Waals surface area (Å²) in [7, 11) is 1.71. The summed E-state index contributed by atoms with van der Waals surface area (Å²) in [5.74, 6) is 0.287. The highest BCUT2D eigenvalue weighted by molar-refractivity contribution is 5.61. The number of hydrogen-bond donors (Lipinski definition) is 1. The molecule has 0 unspecified atom stereocenters. The molecule has 0 radical (unpaired) electrons. The highest BCUT2D eigenvalue weighted by Crippen LogP contribution is 2.30. The van der Waals surface area contributed by atoms with Crippen LogP contribution in [0.4, 0.5) is 11.5 Å². The zero-order valence-electron chi connectivity index (χ0n) is 11.7. The Bertz CT molecular complexity index is 500. The van der Waals surface area contributed by atoms with E-state index in [-0.39, 0.29) is 11.5 Å². The average molecular weight is 281 g/mol. The molecule has 2 rings (SSSR count). The molecule has 1 aromatic rings. The first-order valence-electron chi connectivity index (χ1n) is 6.54. The molecule has 110 valence electrons. The smallest absolute Gasteiger partial charge is 0.314 e. The van der Waals surface area contributed by atoms with Gasteiger partial charge in [0.15, 0.2) is 0 Å². The number of ether oxygens (including phenoxy) is 1. The predicted octanol–water partition coefficient (Wildman–Crippen LogP) is 1.28. The van der Waals surface area contributed by atoms with Gasteiger partial charge in [0, 0.05) is 51.4 Å². The standard InChI is InChI=1S/C13H19N3O4/c1-10-3-6-14-12(11(10)16(18)19)15(2)9-13(17)4-7-20-8-5-13/h3,6,17H,4-5,7-9H2,1-2H3. The van der Waals surface area contributed by atoms with Crippen molar-refractivity contribution in [3.63, 3.8) is 0 Å². The van der Waals surface area contributed by atoms with E-state index in [1.54, 1.807) is 31.1 Å². The SMILES string of the molecule is Cc1ccnc(N(C)CC2(O)CCOCC2)c1[N+](=O)[O-]. The summed E-state index contributed by atoms with van der Waals surface area (Å²) in [6.45, 7) is 3.00. The molecule has 0 amide bonds. The van der Waals surface area contributed by atoms with Crippen molar-refractivity contribution in [2.45, 2.75) is 25.4 Å². The highest BCUT2D eigenvalue weighted by atomic mass is 16.6. The van der Waals surface area contributed by atoms with E-state index in [9.17, 15) is 15.2 Å². The Balaban J connectivity index is 2.23. The number of anilines is 1. The number of nitrogens with zero attached hydrogens (tertiary/aromatic N) is 3. The third kappa shape index (κ3) is 3.05. The Morgan fingerprint density at radius 2 is 2.20 bits per heavy atom. The molecule has 7 heteroatoms. The lowest BCUT2D eigenvalue weighted by atomic mass is 9.94. The van der Waals surface area contributed by atoms with Gasteiger partial charge in [0.05, 0.1) is 10.5 Å². The molecule has 1 aliphatic rings. The molecule has 0 spiro atoms. The van der Waals surface area contributed by atoms with Gasteiger partial charge in [0.1, 0.15) is 0 Å². The van der Waals surface area contributed by atoms with Crippen molar-refractivity contribution in [3.05, 3.63) is 27.9 Å². The molecule has 1 saturated heterocycles. The molecule has 1 aliphatic heterocycles. The van der Waals surface area contributed by atoms with Crippen molar-refractivity contribution in [2.75, 3.05) is 31.7 Å². The van der Waals surface area contributed by atoms with Gasteiger partial charge in [-0.3, -0.25) is 10.1 Å². The lowest BCUT2D eigenvalue weighted by molar-refractivity contribution is -0.384. The van der Waals surface area contributed by atoms with Gasteiger partial charge in [-0.1, -0.05) is 0 Å². The number of nitro groups is 1. The first-order chi connectivity index (χ1) is 9.43. The third-order valence-electron chi connectivity index (χ3n) is 3.61. The number of aliphatic hydroxyl groups is 1. The second-order valence-corrected chi connectivity index (χ2v) is 5.25. The summed E-state index contributed by atoms with van der Waals surface area (Å²) in [5, 5.41) is 21.7. The van der Waals surface area contributed by atoms with Crippen molar-refractivity contribution < 1.29 is 14.8 Å². The van der Waals surface area contributed by atoms with Crippen LogP contribution in [0, 0.1) is 17.0 Å². The van der Waals surface area contributed by atoms with Crippen LogP contribution in [0.1, 0.15) is 18.4 Å². The summed E-state index contributed by atoms with van der Waals surface area (Å²) in [6.07, 6.45) is 2.59. The van der Waals surface area contributed by atoms with E-state index < -0.39 is 10.5 Å². The summed E-state index contributed by atoms with van der Waals surface area (Å²) in [4.78, 5) is 16.5. The van der Waals surface area contributed by atoms with Crippen molar-refractivity contribution in [1.29, 1.82) is 0 Å². The molecule has 0 aliphatic carbocycles. The summed E-state index contributed by atoms with van der Waals surface area (Å²) >= 11 is 0. The van der Waals surface area contributed by atoms with Crippen LogP contribution in [-0.2, 0) is 4.74 Å². The van der Waals surface area contributed by atoms with Gasteiger partial charge >= 0.3 is 5.69 Å². The van der Waals surface area contributed by atoms with Crippen LogP contribution >= 0.6 is 0 Å². The van der Waals surface area contributed by atoms with Crippen LogP contribution in [0.3, 0.4) is 0 Å². The maximum Gasteiger partial charge on any atom is 0.314 e. The van der Waals surface area contributed by atoms with E-state index in [0.717, 1.165) is 0 Å². The quantitative estimate of drug-likeness (QED) is 0.660. The van der Waals surface area contributed by atoms with Crippen molar-refractivity contribution >= 4 is 11.5 Å². The normalized spacial score (nSPS) is 17.8. The Morgan fingerprint density at radius 3 is 2.80 bits per heavy atom. The van der Waals surface area contributed by atoms with E-state index in [0.29, 0.717) is 38.2 Å². The molecular formula is C13H19N3O4. The molecule has 0 saturated carbocycles. The molecule has 1 aromatic heterocycles. The van der Waals surface area contributed by atoms with Gasteiger partial charge in [0.25, 0.3) is 0 Å². The Morgan fingerprint density at radius 1 is 1.55 bits per heavy atom. The lowest BCUT2D eigenvalue weighted by Crippen LogP contribution is -2.46. The van der Waals surface area contributed by atoms with Crippen molar-refractivity contribution in [2.24, 2.45) is 0 Å². The van der Waals surface area contributed by atoms with Crippen LogP contribution in [0.15, 0.2) is 12.3 Å². The molecular weight excluding hydrogens is 262 g/mol. The molecule has 7 nitrogen and oxygen atoms in total. The molecule has 1 fully saturated rings. The minimum Gasteiger partial charge on any atom is -0.388 e. The number of pyridine rings is 1. The van der Waals surface area contributed by atoms with Crippen molar-refractivity contribution in [1.82, 2.24) is 4.98 Å². The minimum absolute atomic E-state index is 0.00865. The fraction of sp³-hybridized carbons (Fsp3) is 0.615. The number of rotatable bonds is 4. The highest BCUT2D eigenvalue weighted by Gasteiger charge is 2.33. The zero-order chi connectivity index (χ0) is 14.8. The Hall–Kier alpha value is -1.73. The maximum atomic E-state index is 11.2. The number of aromatic nitrogens is 1. The largest absolute Gasteiger partial charge is 0.388 e. The molecule has 2 heterocycles. The summed E-state index contributed by atoms with van der Waals surface area (Å²) < 4.78 is 5.23.